The van der Waals surface area contributed by atoms with Gasteiger partial charge >= 0.3 is 0 Å². The molecule has 0 saturated carbocycles. The monoisotopic (exact) mass is 462 g/mol. The number of nitrogens with zero attached hydrogens (tertiary/aromatic N) is 1. The van der Waals surface area contributed by atoms with E-state index in [1.165, 1.54) is 11.8 Å². The average Bonchev–Trinajstić information content (AvgIpc) is 2.69. The lowest BCUT2D eigenvalue weighted by Gasteiger charge is -2.26. The zero-order valence-electron chi connectivity index (χ0n) is 16.3. The van der Waals surface area contributed by atoms with Crippen LogP contribution in [0.1, 0.15) is 24.1 Å². The van der Waals surface area contributed by atoms with E-state index in [4.69, 9.17) is 28.9 Å². The first-order chi connectivity index (χ1) is 14.3. The number of amidine groups is 1. The van der Waals surface area contributed by atoms with Gasteiger partial charge < -0.3 is 16.4 Å². The van der Waals surface area contributed by atoms with Crippen LogP contribution in [0.4, 0.5) is 5.69 Å². The molecular formula is C21H20Cl2N4O2S. The third kappa shape index (κ3) is 5.16. The van der Waals surface area contributed by atoms with E-state index in [9.17, 15) is 9.59 Å². The van der Waals surface area contributed by atoms with Crippen molar-refractivity contribution in [2.75, 3.05) is 11.1 Å². The summed E-state index contributed by atoms with van der Waals surface area (Å²) in [6.07, 6.45) is 0. The highest BCUT2D eigenvalue weighted by Gasteiger charge is 2.30. The van der Waals surface area contributed by atoms with Gasteiger partial charge in [-0.15, -0.1) is 0 Å². The van der Waals surface area contributed by atoms with Gasteiger partial charge in [0.1, 0.15) is 6.04 Å². The van der Waals surface area contributed by atoms with Crippen molar-refractivity contribution in [2.24, 2.45) is 10.7 Å². The number of allylic oxidation sites excluding steroid dienone is 1. The second kappa shape index (κ2) is 9.55. The lowest BCUT2D eigenvalue weighted by Crippen LogP contribution is -2.33. The molecule has 3 rings (SSSR count). The summed E-state index contributed by atoms with van der Waals surface area (Å²) >= 11 is 13.7. The molecule has 0 spiro atoms. The van der Waals surface area contributed by atoms with Crippen LogP contribution >= 0.6 is 35.0 Å². The van der Waals surface area contributed by atoms with Crippen molar-refractivity contribution >= 4 is 57.6 Å². The van der Waals surface area contributed by atoms with E-state index in [-0.39, 0.29) is 11.7 Å². The second-order valence-corrected chi connectivity index (χ2v) is 8.46. The number of aryl methyl sites for hydroxylation is 1. The maximum atomic E-state index is 12.3. The molecule has 1 heterocycles. The van der Waals surface area contributed by atoms with Crippen LogP contribution in [-0.4, -0.2) is 22.7 Å². The molecule has 4 N–H and O–H groups in total. The number of rotatable bonds is 5. The van der Waals surface area contributed by atoms with Crippen LogP contribution in [0.2, 0.25) is 10.0 Å². The predicted octanol–water partition coefficient (Wildman–Crippen LogP) is 4.43. The highest BCUT2D eigenvalue weighted by molar-refractivity contribution is 8.14. The molecule has 0 fully saturated rings. The van der Waals surface area contributed by atoms with E-state index < -0.39 is 11.9 Å². The fourth-order valence-electron chi connectivity index (χ4n) is 2.96. The Morgan fingerprint density at radius 3 is 2.53 bits per heavy atom. The van der Waals surface area contributed by atoms with Gasteiger partial charge in [0.05, 0.1) is 21.4 Å². The number of primary amides is 1. The maximum absolute atomic E-state index is 12.3. The summed E-state index contributed by atoms with van der Waals surface area (Å²) in [6.45, 7) is 3.71. The minimum atomic E-state index is -0.711. The molecule has 0 saturated heterocycles. The molecule has 2 aromatic carbocycles. The van der Waals surface area contributed by atoms with Crippen LogP contribution in [0.25, 0.3) is 0 Å². The van der Waals surface area contributed by atoms with Crippen LogP contribution in [-0.2, 0) is 9.59 Å². The molecule has 0 aliphatic carbocycles. The quantitative estimate of drug-likeness (QED) is 0.611. The van der Waals surface area contributed by atoms with Crippen molar-refractivity contribution in [1.82, 2.24) is 5.32 Å². The Hall–Kier alpha value is -2.48. The lowest BCUT2D eigenvalue weighted by atomic mass is 9.96. The summed E-state index contributed by atoms with van der Waals surface area (Å²) in [4.78, 5) is 28.9. The summed E-state index contributed by atoms with van der Waals surface area (Å²) in [7, 11) is 0. The number of halogens is 2. The normalized spacial score (nSPS) is 16.0. The summed E-state index contributed by atoms with van der Waals surface area (Å²) in [6, 6.07) is 12.0. The average molecular weight is 463 g/mol. The molecule has 0 aromatic heterocycles. The smallest absolute Gasteiger partial charge is 0.248 e. The standard InChI is InChI=1S/C21H20Cl2N4O2S/c1-11-6-8-13(9-7-11)26-16(28)10-30-21-25-12(2)17(20(24)29)19(27-21)14-4-3-5-15(22)18(14)23/h3-9,19H,10H2,1-2H3,(H2,24,29)(H,25,27)(H,26,28)/t19-/m1/s1. The number of anilines is 1. The molecule has 156 valence electrons. The Kier molecular flexibility index (Phi) is 7.07. The number of aliphatic imine (C=N–C) groups is 1. The van der Waals surface area contributed by atoms with Crippen LogP contribution in [0.3, 0.4) is 0 Å². The number of nitrogens with two attached hydrogens (primary N) is 1. The highest BCUT2D eigenvalue weighted by Crippen LogP contribution is 2.38. The van der Waals surface area contributed by atoms with Crippen LogP contribution in [0.15, 0.2) is 58.7 Å². The van der Waals surface area contributed by atoms with E-state index in [0.717, 1.165) is 11.3 Å². The molecule has 1 aliphatic rings. The first kappa shape index (κ1) is 22.2. The first-order valence-corrected chi connectivity index (χ1v) is 10.8. The van der Waals surface area contributed by atoms with Gasteiger partial charge in [0.25, 0.3) is 0 Å². The molecule has 0 unspecified atom stereocenters. The van der Waals surface area contributed by atoms with Gasteiger partial charge in [0.15, 0.2) is 5.17 Å². The molecule has 2 aromatic rings. The summed E-state index contributed by atoms with van der Waals surface area (Å²) in [5.41, 5.74) is 8.84. The Balaban J connectivity index is 1.78. The van der Waals surface area contributed by atoms with Crippen molar-refractivity contribution < 1.29 is 9.59 Å². The molecule has 0 bridgehead atoms. The molecule has 6 nitrogen and oxygen atoms in total. The zero-order chi connectivity index (χ0) is 21.8. The molecule has 2 amide bonds. The van der Waals surface area contributed by atoms with Crippen molar-refractivity contribution in [3.63, 3.8) is 0 Å². The van der Waals surface area contributed by atoms with E-state index in [1.54, 1.807) is 25.1 Å². The van der Waals surface area contributed by atoms with E-state index in [0.29, 0.717) is 32.0 Å². The highest BCUT2D eigenvalue weighted by atomic mass is 35.5. The number of carbonyl (C=O) groups is 2. The minimum absolute atomic E-state index is 0.134. The number of amides is 2. The Morgan fingerprint density at radius 2 is 1.87 bits per heavy atom. The van der Waals surface area contributed by atoms with Crippen molar-refractivity contribution in [2.45, 2.75) is 19.9 Å². The largest absolute Gasteiger partial charge is 0.366 e. The number of hydrogen-bond donors (Lipinski definition) is 3. The van der Waals surface area contributed by atoms with Crippen molar-refractivity contribution in [3.8, 4) is 0 Å². The molecule has 1 atom stereocenters. The Morgan fingerprint density at radius 1 is 1.17 bits per heavy atom. The number of thioether (sulfide) groups is 1. The predicted molar refractivity (Wildman–Crippen MR) is 124 cm³/mol. The zero-order valence-corrected chi connectivity index (χ0v) is 18.7. The SMILES string of the molecule is CC1=C(C(N)=O)[C@@H](c2cccc(Cl)c2Cl)N=C(SCC(=O)Nc2ccc(C)cc2)N1. The number of nitrogens with one attached hydrogen (secondary N) is 2. The molecule has 30 heavy (non-hydrogen) atoms. The topological polar surface area (TPSA) is 96.6 Å². The van der Waals surface area contributed by atoms with Gasteiger partial charge in [-0.3, -0.25) is 9.59 Å². The molecule has 1 aliphatic heterocycles. The fourth-order valence-corrected chi connectivity index (χ4v) is 4.12. The second-order valence-electron chi connectivity index (χ2n) is 6.71. The number of carbonyl (C=O) groups excluding carboxylic acids is 2. The first-order valence-electron chi connectivity index (χ1n) is 9.05. The van der Waals surface area contributed by atoms with E-state index >= 15 is 0 Å². The number of hydrogen-bond acceptors (Lipinski definition) is 5. The van der Waals surface area contributed by atoms with Crippen LogP contribution < -0.4 is 16.4 Å². The molecule has 0 radical (unpaired) electrons. The number of benzene rings is 2. The van der Waals surface area contributed by atoms with Gasteiger partial charge in [0, 0.05) is 16.9 Å². The van der Waals surface area contributed by atoms with Crippen molar-refractivity contribution in [3.05, 3.63) is 74.9 Å². The minimum Gasteiger partial charge on any atom is -0.366 e. The Bertz CT molecular complexity index is 1050. The van der Waals surface area contributed by atoms with Gasteiger partial charge in [-0.05, 0) is 32.0 Å². The van der Waals surface area contributed by atoms with Gasteiger partial charge in [-0.1, -0.05) is 64.8 Å². The maximum Gasteiger partial charge on any atom is 0.248 e. The van der Waals surface area contributed by atoms with Crippen LogP contribution in [0, 0.1) is 6.92 Å². The van der Waals surface area contributed by atoms with Gasteiger partial charge in [-0.2, -0.15) is 0 Å². The Labute approximate surface area is 188 Å². The van der Waals surface area contributed by atoms with E-state index in [1.807, 2.05) is 31.2 Å². The summed E-state index contributed by atoms with van der Waals surface area (Å²) in [5, 5.41) is 7.03. The van der Waals surface area contributed by atoms with Gasteiger partial charge in [0.2, 0.25) is 11.8 Å². The molecular weight excluding hydrogens is 443 g/mol. The lowest BCUT2D eigenvalue weighted by molar-refractivity contribution is -0.115. The van der Waals surface area contributed by atoms with Crippen molar-refractivity contribution in [1.29, 1.82) is 0 Å². The van der Waals surface area contributed by atoms with Crippen LogP contribution in [0.5, 0.6) is 0 Å². The van der Waals surface area contributed by atoms with E-state index in [2.05, 4.69) is 15.6 Å². The molecule has 9 heteroatoms. The summed E-state index contributed by atoms with van der Waals surface area (Å²) in [5.74, 6) is -0.645. The van der Waals surface area contributed by atoms with Gasteiger partial charge in [-0.25, -0.2) is 4.99 Å². The fraction of sp³-hybridized carbons (Fsp3) is 0.190. The summed E-state index contributed by atoms with van der Waals surface area (Å²) < 4.78 is 0. The third-order valence-electron chi connectivity index (χ3n) is 4.44. The third-order valence-corrected chi connectivity index (χ3v) is 6.16.